The van der Waals surface area contributed by atoms with Crippen LogP contribution < -0.4 is 10.5 Å². The number of benzene rings is 1. The van der Waals surface area contributed by atoms with Crippen LogP contribution >= 0.6 is 0 Å². The van der Waals surface area contributed by atoms with Crippen LogP contribution in [0.1, 0.15) is 17.0 Å². The van der Waals surface area contributed by atoms with Crippen LogP contribution in [0.3, 0.4) is 0 Å². The van der Waals surface area contributed by atoms with Crippen molar-refractivity contribution in [2.45, 2.75) is 25.7 Å². The van der Waals surface area contributed by atoms with Crippen molar-refractivity contribution in [3.8, 4) is 0 Å². The number of nitrogens with two attached hydrogens (primary N) is 1. The topological polar surface area (TPSA) is 101 Å². The van der Waals surface area contributed by atoms with E-state index in [-0.39, 0.29) is 4.90 Å². The summed E-state index contributed by atoms with van der Waals surface area (Å²) in [5, 5.41) is 6.55. The van der Waals surface area contributed by atoms with Gasteiger partial charge in [0.15, 0.2) is 0 Å². The van der Waals surface area contributed by atoms with Gasteiger partial charge < -0.3 is 5.73 Å². The minimum Gasteiger partial charge on any atom is -0.399 e. The van der Waals surface area contributed by atoms with E-state index in [9.17, 15) is 8.42 Å². The van der Waals surface area contributed by atoms with Crippen molar-refractivity contribution < 1.29 is 8.42 Å². The van der Waals surface area contributed by atoms with Crippen molar-refractivity contribution in [2.75, 3.05) is 10.5 Å². The number of hydrogen-bond donors (Lipinski definition) is 3. The standard InChI is InChI=1S/C12H16N4O2S/c1-7-6-10(4-5-11(7)13)16-19(17,18)12-8(2)14-15-9(12)3/h4-6,16H,13H2,1-3H3,(H,14,15). The third kappa shape index (κ3) is 2.55. The van der Waals surface area contributed by atoms with Gasteiger partial charge in [0.1, 0.15) is 4.90 Å². The molecular formula is C12H16N4O2S. The molecule has 1 aromatic heterocycles. The molecule has 0 unspecified atom stereocenters. The second kappa shape index (κ2) is 4.58. The lowest BCUT2D eigenvalue weighted by molar-refractivity contribution is 0.600. The summed E-state index contributed by atoms with van der Waals surface area (Å²) in [4.78, 5) is 0.182. The molecule has 0 aliphatic rings. The Labute approximate surface area is 112 Å². The summed E-state index contributed by atoms with van der Waals surface area (Å²) in [6, 6.07) is 4.99. The Morgan fingerprint density at radius 2 is 1.95 bits per heavy atom. The van der Waals surface area contributed by atoms with E-state index in [4.69, 9.17) is 5.73 Å². The van der Waals surface area contributed by atoms with Gasteiger partial charge in [-0.15, -0.1) is 0 Å². The van der Waals surface area contributed by atoms with Crippen LogP contribution in [0.15, 0.2) is 23.1 Å². The molecule has 0 amide bonds. The maximum atomic E-state index is 12.3. The number of rotatable bonds is 3. The fourth-order valence-electron chi connectivity index (χ4n) is 1.88. The second-order valence-electron chi connectivity index (χ2n) is 4.44. The Kier molecular flexibility index (Phi) is 3.23. The summed E-state index contributed by atoms with van der Waals surface area (Å²) in [6.07, 6.45) is 0. The summed E-state index contributed by atoms with van der Waals surface area (Å²) >= 11 is 0. The fraction of sp³-hybridized carbons (Fsp3) is 0.250. The third-order valence-electron chi connectivity index (χ3n) is 2.85. The first-order valence-corrected chi connectivity index (χ1v) is 7.20. The molecule has 19 heavy (non-hydrogen) atoms. The molecule has 0 saturated carbocycles. The van der Waals surface area contributed by atoms with Crippen molar-refractivity contribution in [1.29, 1.82) is 0 Å². The molecule has 0 saturated heterocycles. The molecule has 0 bridgehead atoms. The summed E-state index contributed by atoms with van der Waals surface area (Å²) in [7, 11) is -3.65. The van der Waals surface area contributed by atoms with E-state index in [0.717, 1.165) is 5.56 Å². The number of sulfonamides is 1. The van der Waals surface area contributed by atoms with Crippen molar-refractivity contribution in [2.24, 2.45) is 0 Å². The third-order valence-corrected chi connectivity index (χ3v) is 4.49. The Morgan fingerprint density at radius 3 is 2.47 bits per heavy atom. The summed E-state index contributed by atoms with van der Waals surface area (Å²) in [5.41, 5.74) is 8.58. The molecule has 0 atom stereocenters. The van der Waals surface area contributed by atoms with Gasteiger partial charge in [0, 0.05) is 11.4 Å². The number of hydrogen-bond acceptors (Lipinski definition) is 4. The van der Waals surface area contributed by atoms with Gasteiger partial charge in [-0.2, -0.15) is 5.10 Å². The van der Waals surface area contributed by atoms with Gasteiger partial charge in [-0.1, -0.05) is 0 Å². The molecule has 4 N–H and O–H groups in total. The molecule has 6 nitrogen and oxygen atoms in total. The summed E-state index contributed by atoms with van der Waals surface area (Å²) in [6.45, 7) is 5.14. The first-order chi connectivity index (χ1) is 8.81. The summed E-state index contributed by atoms with van der Waals surface area (Å²) in [5.74, 6) is 0. The molecule has 0 radical (unpaired) electrons. The second-order valence-corrected chi connectivity index (χ2v) is 6.06. The van der Waals surface area contributed by atoms with Crippen molar-refractivity contribution in [3.05, 3.63) is 35.2 Å². The summed E-state index contributed by atoms with van der Waals surface area (Å²) < 4.78 is 27.1. The van der Waals surface area contributed by atoms with E-state index < -0.39 is 10.0 Å². The van der Waals surface area contributed by atoms with Crippen LogP contribution in [0, 0.1) is 20.8 Å². The zero-order valence-corrected chi connectivity index (χ0v) is 11.8. The largest absolute Gasteiger partial charge is 0.399 e. The number of nitrogens with zero attached hydrogens (tertiary/aromatic N) is 1. The van der Waals surface area contributed by atoms with E-state index in [1.807, 2.05) is 6.92 Å². The Bertz CT molecular complexity index is 700. The van der Waals surface area contributed by atoms with Gasteiger partial charge in [-0.3, -0.25) is 9.82 Å². The minimum absolute atomic E-state index is 0.182. The average molecular weight is 280 g/mol. The molecule has 7 heteroatoms. The Balaban J connectivity index is 2.39. The van der Waals surface area contributed by atoms with E-state index in [1.165, 1.54) is 0 Å². The number of nitrogens with one attached hydrogen (secondary N) is 2. The van der Waals surface area contributed by atoms with Crippen molar-refractivity contribution in [1.82, 2.24) is 10.2 Å². The molecule has 0 aliphatic heterocycles. The molecule has 0 fully saturated rings. The predicted molar refractivity (Wildman–Crippen MR) is 74.5 cm³/mol. The molecule has 0 spiro atoms. The van der Waals surface area contributed by atoms with Crippen LogP contribution in [0.25, 0.3) is 0 Å². The average Bonchev–Trinajstić information content (AvgIpc) is 2.64. The number of anilines is 2. The smallest absolute Gasteiger partial charge is 0.265 e. The first kappa shape index (κ1) is 13.4. The number of aromatic amines is 1. The highest BCUT2D eigenvalue weighted by Crippen LogP contribution is 2.23. The maximum absolute atomic E-state index is 12.3. The van der Waals surface area contributed by atoms with Crippen LogP contribution in [0.5, 0.6) is 0 Å². The fourth-order valence-corrected chi connectivity index (χ4v) is 3.30. The van der Waals surface area contributed by atoms with Gasteiger partial charge in [0.2, 0.25) is 0 Å². The van der Waals surface area contributed by atoms with Crippen LogP contribution in [-0.2, 0) is 10.0 Å². The Morgan fingerprint density at radius 1 is 1.26 bits per heavy atom. The number of H-pyrrole nitrogens is 1. The molecule has 2 rings (SSSR count). The lowest BCUT2D eigenvalue weighted by Gasteiger charge is -2.09. The van der Waals surface area contributed by atoms with E-state index in [2.05, 4.69) is 14.9 Å². The van der Waals surface area contributed by atoms with Crippen molar-refractivity contribution >= 4 is 21.4 Å². The highest BCUT2D eigenvalue weighted by molar-refractivity contribution is 7.92. The van der Waals surface area contributed by atoms with Gasteiger partial charge in [0.25, 0.3) is 10.0 Å². The molecule has 2 aromatic rings. The number of aromatic nitrogens is 2. The van der Waals surface area contributed by atoms with Crippen molar-refractivity contribution in [3.63, 3.8) is 0 Å². The van der Waals surface area contributed by atoms with Gasteiger partial charge in [0.05, 0.1) is 11.4 Å². The van der Waals surface area contributed by atoms with Crippen LogP contribution in [0.2, 0.25) is 0 Å². The predicted octanol–water partition coefficient (Wildman–Crippen LogP) is 1.72. The highest BCUT2D eigenvalue weighted by Gasteiger charge is 2.22. The van der Waals surface area contributed by atoms with E-state index in [0.29, 0.717) is 22.8 Å². The Hall–Kier alpha value is -2.02. The molecular weight excluding hydrogens is 264 g/mol. The molecule has 102 valence electrons. The molecule has 0 aliphatic carbocycles. The molecule has 1 aromatic carbocycles. The first-order valence-electron chi connectivity index (χ1n) is 5.72. The monoisotopic (exact) mass is 280 g/mol. The zero-order valence-electron chi connectivity index (χ0n) is 11.0. The number of nitrogen functional groups attached to an aromatic ring is 1. The number of aryl methyl sites for hydroxylation is 3. The van der Waals surface area contributed by atoms with Gasteiger partial charge in [-0.05, 0) is 44.5 Å². The SMILES string of the molecule is Cc1cc(NS(=O)(=O)c2c(C)n[nH]c2C)ccc1N. The maximum Gasteiger partial charge on any atom is 0.265 e. The van der Waals surface area contributed by atoms with E-state index >= 15 is 0 Å². The molecule has 1 heterocycles. The van der Waals surface area contributed by atoms with Gasteiger partial charge in [-0.25, -0.2) is 8.42 Å². The van der Waals surface area contributed by atoms with Crippen LogP contribution in [0.4, 0.5) is 11.4 Å². The quantitative estimate of drug-likeness (QED) is 0.745. The highest BCUT2D eigenvalue weighted by atomic mass is 32.2. The van der Waals surface area contributed by atoms with E-state index in [1.54, 1.807) is 32.0 Å². The lowest BCUT2D eigenvalue weighted by atomic mass is 10.2. The lowest BCUT2D eigenvalue weighted by Crippen LogP contribution is -2.14. The van der Waals surface area contributed by atoms with Gasteiger partial charge >= 0.3 is 0 Å². The normalized spacial score (nSPS) is 11.5. The van der Waals surface area contributed by atoms with Crippen LogP contribution in [-0.4, -0.2) is 18.6 Å². The minimum atomic E-state index is -3.65. The zero-order chi connectivity index (χ0) is 14.2.